The van der Waals surface area contributed by atoms with Gasteiger partial charge in [-0.05, 0) is 30.7 Å². The third-order valence-corrected chi connectivity index (χ3v) is 5.00. The minimum absolute atomic E-state index is 0.0142. The molecule has 11 heteroatoms. The van der Waals surface area contributed by atoms with Gasteiger partial charge in [0.1, 0.15) is 47.0 Å². The van der Waals surface area contributed by atoms with Gasteiger partial charge in [0.05, 0.1) is 33.0 Å². The topological polar surface area (TPSA) is 147 Å². The summed E-state index contributed by atoms with van der Waals surface area (Å²) in [6.45, 7) is 1.51. The van der Waals surface area contributed by atoms with E-state index < -0.39 is 16.8 Å². The Hall–Kier alpha value is -4.64. The van der Waals surface area contributed by atoms with Crippen molar-refractivity contribution in [2.75, 3.05) is 5.73 Å². The van der Waals surface area contributed by atoms with Crippen LogP contribution < -0.4 is 5.73 Å². The van der Waals surface area contributed by atoms with Gasteiger partial charge in [-0.1, -0.05) is 17.7 Å². The number of alkyl halides is 3. The Morgan fingerprint density at radius 2 is 1.52 bits per heavy atom. The Balaban J connectivity index is 2.43. The highest BCUT2D eigenvalue weighted by Crippen LogP contribution is 2.40. The number of hydrogen-bond donors (Lipinski definition) is 1. The number of nitrogens with zero attached hydrogens (tertiary/aromatic N) is 6. The largest absolute Gasteiger partial charge is 0.417 e. The number of aryl methyl sites for hydroxylation is 1. The highest BCUT2D eigenvalue weighted by molar-refractivity contribution is 6.31. The number of halogens is 4. The van der Waals surface area contributed by atoms with E-state index in [2.05, 4.69) is 9.97 Å². The van der Waals surface area contributed by atoms with Gasteiger partial charge in [0.25, 0.3) is 0 Å². The van der Waals surface area contributed by atoms with Crippen molar-refractivity contribution >= 4 is 17.4 Å². The van der Waals surface area contributed by atoms with E-state index >= 15 is 0 Å². The van der Waals surface area contributed by atoms with E-state index in [1.54, 1.807) is 6.07 Å². The molecule has 2 N–H and O–H groups in total. The maximum atomic E-state index is 13.1. The van der Waals surface area contributed by atoms with Crippen molar-refractivity contribution in [3.63, 3.8) is 0 Å². The third kappa shape index (κ3) is 4.00. The monoisotopic (exact) mass is 463 g/mol. The minimum atomic E-state index is -4.71. The van der Waals surface area contributed by atoms with Crippen LogP contribution in [0.3, 0.4) is 0 Å². The molecular weight excluding hydrogens is 455 g/mol. The van der Waals surface area contributed by atoms with Crippen LogP contribution in [-0.4, -0.2) is 9.97 Å². The lowest BCUT2D eigenvalue weighted by Gasteiger charge is -2.16. The molecule has 0 saturated carbocycles. The molecule has 0 saturated heterocycles. The molecule has 0 aliphatic carbocycles. The lowest BCUT2D eigenvalue weighted by molar-refractivity contribution is -0.137. The Morgan fingerprint density at radius 1 is 0.879 bits per heavy atom. The molecule has 0 unspecified atom stereocenters. The number of nitrogens with two attached hydrogens (primary N) is 1. The van der Waals surface area contributed by atoms with Crippen LogP contribution in [0.2, 0.25) is 5.02 Å². The van der Waals surface area contributed by atoms with Crippen LogP contribution >= 0.6 is 11.6 Å². The molecule has 3 aromatic rings. The van der Waals surface area contributed by atoms with Gasteiger partial charge in [-0.25, -0.2) is 9.97 Å². The molecule has 0 fully saturated rings. The summed E-state index contributed by atoms with van der Waals surface area (Å²) >= 11 is 5.83. The van der Waals surface area contributed by atoms with Crippen LogP contribution in [0.25, 0.3) is 22.5 Å². The molecule has 7 nitrogen and oxygen atoms in total. The number of nitrogen functional groups attached to an aromatic ring is 1. The predicted octanol–water partition coefficient (Wildman–Crippen LogP) is 4.86. The number of benzene rings is 1. The van der Waals surface area contributed by atoms with Gasteiger partial charge in [0, 0.05) is 5.56 Å². The van der Waals surface area contributed by atoms with E-state index in [1.807, 2.05) is 18.2 Å². The van der Waals surface area contributed by atoms with Crippen molar-refractivity contribution < 1.29 is 13.2 Å². The molecule has 2 heterocycles. The number of rotatable bonds is 2. The van der Waals surface area contributed by atoms with Crippen molar-refractivity contribution in [2.24, 2.45) is 0 Å². The highest BCUT2D eigenvalue weighted by atomic mass is 35.5. The zero-order valence-corrected chi connectivity index (χ0v) is 17.3. The average Bonchev–Trinajstić information content (AvgIpc) is 2.77. The van der Waals surface area contributed by atoms with Crippen LogP contribution in [0.4, 0.5) is 19.0 Å². The van der Waals surface area contributed by atoms with Crippen molar-refractivity contribution in [3.8, 4) is 46.8 Å². The lowest BCUT2D eigenvalue weighted by Crippen LogP contribution is -2.08. The number of anilines is 1. The van der Waals surface area contributed by atoms with Crippen molar-refractivity contribution in [3.05, 3.63) is 62.8 Å². The van der Waals surface area contributed by atoms with E-state index in [-0.39, 0.29) is 56.3 Å². The Kier molecular flexibility index (Phi) is 5.92. The standard InChI is InChI=1S/C22H9ClF3N7/c1-10-12(6-27)4-13(7-28)19(32-10)20-14(8-29)18(15(9-30)21(31)33-20)11-2-3-16(17(23)5-11)22(24,25)26/h2-5H,1H3,(H2,31,33). The fourth-order valence-electron chi connectivity index (χ4n) is 3.17. The molecule has 0 spiro atoms. The van der Waals surface area contributed by atoms with Crippen LogP contribution in [-0.2, 0) is 6.18 Å². The highest BCUT2D eigenvalue weighted by Gasteiger charge is 2.33. The number of pyridine rings is 2. The summed E-state index contributed by atoms with van der Waals surface area (Å²) in [5.41, 5.74) is 4.31. The average molecular weight is 464 g/mol. The molecule has 3 rings (SSSR count). The summed E-state index contributed by atoms with van der Waals surface area (Å²) in [4.78, 5) is 8.30. The zero-order chi connectivity index (χ0) is 24.5. The molecule has 0 bridgehead atoms. The molecule has 0 radical (unpaired) electrons. The van der Waals surface area contributed by atoms with Gasteiger partial charge < -0.3 is 5.73 Å². The van der Waals surface area contributed by atoms with E-state index in [1.165, 1.54) is 13.0 Å². The van der Waals surface area contributed by atoms with Crippen molar-refractivity contribution in [1.29, 1.82) is 21.0 Å². The molecule has 0 amide bonds. The summed E-state index contributed by atoms with van der Waals surface area (Å²) in [6, 6.07) is 11.5. The van der Waals surface area contributed by atoms with Gasteiger partial charge in [-0.3, -0.25) is 0 Å². The number of aromatic nitrogens is 2. The Labute approximate surface area is 190 Å². The predicted molar refractivity (Wildman–Crippen MR) is 111 cm³/mol. The van der Waals surface area contributed by atoms with E-state index in [4.69, 9.17) is 17.3 Å². The fourth-order valence-corrected chi connectivity index (χ4v) is 3.46. The van der Waals surface area contributed by atoms with Crippen molar-refractivity contribution in [1.82, 2.24) is 9.97 Å². The molecule has 2 aromatic heterocycles. The second kappa shape index (κ2) is 8.48. The van der Waals surface area contributed by atoms with Gasteiger partial charge in [0.15, 0.2) is 0 Å². The van der Waals surface area contributed by atoms with E-state index in [0.717, 1.165) is 18.2 Å². The van der Waals surface area contributed by atoms with Gasteiger partial charge in [0.2, 0.25) is 0 Å². The van der Waals surface area contributed by atoms with Gasteiger partial charge in [-0.2, -0.15) is 34.2 Å². The summed E-state index contributed by atoms with van der Waals surface area (Å²) < 4.78 is 39.4. The number of nitriles is 4. The van der Waals surface area contributed by atoms with Gasteiger partial charge in [-0.15, -0.1) is 0 Å². The van der Waals surface area contributed by atoms with E-state index in [9.17, 15) is 34.2 Å². The first-order valence-corrected chi connectivity index (χ1v) is 9.28. The third-order valence-electron chi connectivity index (χ3n) is 4.69. The Morgan fingerprint density at radius 3 is 2.03 bits per heavy atom. The SMILES string of the molecule is Cc1nc(-c2nc(N)c(C#N)c(-c3ccc(C(F)(F)F)c(Cl)c3)c2C#N)c(C#N)cc1C#N. The maximum absolute atomic E-state index is 13.1. The van der Waals surface area contributed by atoms with Crippen LogP contribution in [0, 0.1) is 52.2 Å². The second-order valence-corrected chi connectivity index (χ2v) is 7.03. The molecule has 33 heavy (non-hydrogen) atoms. The molecule has 0 aliphatic heterocycles. The lowest BCUT2D eigenvalue weighted by atomic mass is 9.92. The quantitative estimate of drug-likeness (QED) is 0.570. The van der Waals surface area contributed by atoms with Crippen LogP contribution in [0.1, 0.15) is 33.5 Å². The Bertz CT molecular complexity index is 1480. The fraction of sp³-hybridized carbons (Fsp3) is 0.0909. The normalized spacial score (nSPS) is 10.6. The summed E-state index contributed by atoms with van der Waals surface area (Å²) in [6.07, 6.45) is -4.71. The van der Waals surface area contributed by atoms with E-state index in [0.29, 0.717) is 0 Å². The van der Waals surface area contributed by atoms with Gasteiger partial charge >= 0.3 is 6.18 Å². The first kappa shape index (κ1) is 23.0. The van der Waals surface area contributed by atoms with Crippen molar-refractivity contribution in [2.45, 2.75) is 13.1 Å². The zero-order valence-electron chi connectivity index (χ0n) is 16.6. The maximum Gasteiger partial charge on any atom is 0.417 e. The first-order valence-electron chi connectivity index (χ1n) is 8.90. The smallest absolute Gasteiger partial charge is 0.383 e. The summed E-state index contributed by atoms with van der Waals surface area (Å²) in [7, 11) is 0. The first-order chi connectivity index (χ1) is 15.6. The summed E-state index contributed by atoms with van der Waals surface area (Å²) in [5.74, 6) is -0.328. The molecule has 1 aromatic carbocycles. The molecule has 0 aliphatic rings. The summed E-state index contributed by atoms with van der Waals surface area (Å²) in [5, 5.41) is 37.6. The molecular formula is C22H9ClF3N7. The number of hydrogen-bond acceptors (Lipinski definition) is 7. The molecule has 0 atom stereocenters. The molecule has 160 valence electrons. The minimum Gasteiger partial charge on any atom is -0.383 e. The second-order valence-electron chi connectivity index (χ2n) is 6.63. The van der Waals surface area contributed by atoms with Crippen LogP contribution in [0.5, 0.6) is 0 Å². The van der Waals surface area contributed by atoms with Crippen LogP contribution in [0.15, 0.2) is 24.3 Å².